The molecular formula is C17H36O3S2. The lowest BCUT2D eigenvalue weighted by Crippen LogP contribution is -2.03. The highest BCUT2D eigenvalue weighted by atomic mass is 33.1. The Kier molecular flexibility index (Phi) is 17.8. The van der Waals surface area contributed by atoms with Gasteiger partial charge in [-0.3, -0.25) is 4.55 Å². The lowest BCUT2D eigenvalue weighted by Gasteiger charge is -2.03. The number of unbranched alkanes of at least 4 members (excludes halogenated alkanes) is 14. The van der Waals surface area contributed by atoms with E-state index in [1.165, 1.54) is 77.0 Å². The van der Waals surface area contributed by atoms with Crippen LogP contribution in [-0.2, 0) is 19.9 Å². The van der Waals surface area contributed by atoms with Gasteiger partial charge in [-0.25, -0.2) is 8.42 Å². The van der Waals surface area contributed by atoms with Crippen LogP contribution in [0.5, 0.6) is 0 Å². The van der Waals surface area contributed by atoms with E-state index in [0.717, 1.165) is 19.3 Å². The van der Waals surface area contributed by atoms with E-state index >= 15 is 0 Å². The topological polar surface area (TPSA) is 54.4 Å². The van der Waals surface area contributed by atoms with Gasteiger partial charge in [-0.2, -0.15) is 0 Å². The summed E-state index contributed by atoms with van der Waals surface area (Å²) < 4.78 is 30.1. The third kappa shape index (κ3) is 16.6. The van der Waals surface area contributed by atoms with E-state index < -0.39 is 19.9 Å². The Balaban J connectivity index is 3.05. The molecule has 0 aliphatic rings. The van der Waals surface area contributed by atoms with Gasteiger partial charge in [0.25, 0.3) is 0 Å². The van der Waals surface area contributed by atoms with Crippen LogP contribution in [0, 0.1) is 0 Å². The van der Waals surface area contributed by atoms with E-state index in [0.29, 0.717) is 5.75 Å². The van der Waals surface area contributed by atoms with Crippen LogP contribution >= 0.6 is 0 Å². The SMILES string of the molecule is CCCCCCCCCCCCCCCCC[S@](=O)S(=O)O. The maximum Gasteiger partial charge on any atom is 0.247 e. The molecule has 0 amide bonds. The van der Waals surface area contributed by atoms with E-state index in [1.807, 2.05) is 0 Å². The molecule has 1 N–H and O–H groups in total. The standard InChI is InChI=1S/C17H36O3S2/c1-2-3-4-5-6-7-8-9-10-11-12-13-14-15-16-17-21(18)22(19)20/h2-17H2,1H3,(H,19,20)/t21-/m1/s1. The molecule has 0 rings (SSSR count). The van der Waals surface area contributed by atoms with Gasteiger partial charge in [-0.1, -0.05) is 96.8 Å². The molecule has 0 saturated carbocycles. The van der Waals surface area contributed by atoms with Gasteiger partial charge in [-0.15, -0.1) is 0 Å². The summed E-state index contributed by atoms with van der Waals surface area (Å²) in [6, 6.07) is 0. The van der Waals surface area contributed by atoms with Crippen molar-refractivity contribution in [2.45, 2.75) is 103 Å². The molecule has 22 heavy (non-hydrogen) atoms. The van der Waals surface area contributed by atoms with Crippen LogP contribution in [0.15, 0.2) is 0 Å². The van der Waals surface area contributed by atoms with Crippen LogP contribution in [0.25, 0.3) is 0 Å². The van der Waals surface area contributed by atoms with Crippen molar-refractivity contribution in [2.24, 2.45) is 0 Å². The minimum absolute atomic E-state index is 0.362. The fraction of sp³-hybridized carbons (Fsp3) is 1.00. The molecule has 0 aromatic heterocycles. The van der Waals surface area contributed by atoms with Gasteiger partial charge in [0.1, 0.15) is 9.83 Å². The molecule has 1 unspecified atom stereocenters. The van der Waals surface area contributed by atoms with Gasteiger partial charge in [0.15, 0.2) is 0 Å². The molecule has 134 valence electrons. The zero-order chi connectivity index (χ0) is 16.5. The summed E-state index contributed by atoms with van der Waals surface area (Å²) in [7, 11) is -3.72. The van der Waals surface area contributed by atoms with Gasteiger partial charge in [0, 0.05) is 5.75 Å². The molecule has 0 radical (unpaired) electrons. The zero-order valence-corrected chi connectivity index (χ0v) is 16.0. The predicted octanol–water partition coefficient (Wildman–Crippen LogP) is 5.74. The van der Waals surface area contributed by atoms with Crippen LogP contribution in [0.2, 0.25) is 0 Å². The van der Waals surface area contributed by atoms with Gasteiger partial charge < -0.3 is 0 Å². The van der Waals surface area contributed by atoms with Crippen molar-refractivity contribution in [1.82, 2.24) is 0 Å². The second kappa shape index (κ2) is 17.6. The smallest absolute Gasteiger partial charge is 0.247 e. The highest BCUT2D eigenvalue weighted by Crippen LogP contribution is 2.13. The highest BCUT2D eigenvalue weighted by Gasteiger charge is 2.04. The Labute approximate surface area is 142 Å². The molecule has 5 heteroatoms. The third-order valence-electron chi connectivity index (χ3n) is 4.07. The molecule has 0 saturated heterocycles. The predicted molar refractivity (Wildman–Crippen MR) is 98.7 cm³/mol. The molecule has 0 bridgehead atoms. The van der Waals surface area contributed by atoms with Gasteiger partial charge >= 0.3 is 0 Å². The van der Waals surface area contributed by atoms with Crippen molar-refractivity contribution in [3.63, 3.8) is 0 Å². The first-order valence-electron chi connectivity index (χ1n) is 9.18. The minimum atomic E-state index is -2.16. The Bertz CT molecular complexity index is 283. The van der Waals surface area contributed by atoms with Crippen molar-refractivity contribution < 1.29 is 13.0 Å². The van der Waals surface area contributed by atoms with E-state index in [4.69, 9.17) is 4.55 Å². The fourth-order valence-electron chi connectivity index (χ4n) is 2.66. The molecule has 0 fully saturated rings. The van der Waals surface area contributed by atoms with Crippen LogP contribution in [0.4, 0.5) is 0 Å². The Morgan fingerprint density at radius 1 is 0.591 bits per heavy atom. The second-order valence-electron chi connectivity index (χ2n) is 6.17. The van der Waals surface area contributed by atoms with Gasteiger partial charge in [0.2, 0.25) is 10.1 Å². The molecular weight excluding hydrogens is 316 g/mol. The molecule has 0 aliphatic carbocycles. The molecule has 0 spiro atoms. The van der Waals surface area contributed by atoms with Crippen LogP contribution in [0.1, 0.15) is 103 Å². The Morgan fingerprint density at radius 3 is 1.23 bits per heavy atom. The molecule has 0 heterocycles. The third-order valence-corrected chi connectivity index (χ3v) is 6.47. The maximum atomic E-state index is 11.0. The first-order chi connectivity index (χ1) is 10.7. The number of hydrogen-bond acceptors (Lipinski definition) is 2. The number of rotatable bonds is 17. The zero-order valence-electron chi connectivity index (χ0n) is 14.4. The van der Waals surface area contributed by atoms with E-state index in [2.05, 4.69) is 6.92 Å². The molecule has 3 nitrogen and oxygen atoms in total. The van der Waals surface area contributed by atoms with E-state index in [1.54, 1.807) is 0 Å². The Hall–Kier alpha value is 0.260. The highest BCUT2D eigenvalue weighted by molar-refractivity contribution is 8.58. The normalized spacial score (nSPS) is 14.1. The van der Waals surface area contributed by atoms with Crippen molar-refractivity contribution in [1.29, 1.82) is 0 Å². The summed E-state index contributed by atoms with van der Waals surface area (Å²) in [5.41, 5.74) is 0. The lowest BCUT2D eigenvalue weighted by atomic mass is 10.0. The van der Waals surface area contributed by atoms with Crippen molar-refractivity contribution >= 4 is 19.9 Å². The summed E-state index contributed by atoms with van der Waals surface area (Å²) in [4.78, 5) is 0. The molecule has 2 atom stereocenters. The van der Waals surface area contributed by atoms with Crippen LogP contribution in [0.3, 0.4) is 0 Å². The van der Waals surface area contributed by atoms with Crippen molar-refractivity contribution in [3.8, 4) is 0 Å². The Morgan fingerprint density at radius 2 is 0.909 bits per heavy atom. The molecule has 0 aromatic rings. The molecule has 0 aromatic carbocycles. The first kappa shape index (κ1) is 22.3. The summed E-state index contributed by atoms with van der Waals surface area (Å²) in [5, 5.41) is 0. The average Bonchev–Trinajstić information content (AvgIpc) is 2.50. The van der Waals surface area contributed by atoms with E-state index in [-0.39, 0.29) is 0 Å². The summed E-state index contributed by atoms with van der Waals surface area (Å²) in [6.45, 7) is 2.26. The van der Waals surface area contributed by atoms with Crippen molar-refractivity contribution in [3.05, 3.63) is 0 Å². The number of hydrogen-bond donors (Lipinski definition) is 1. The first-order valence-corrected chi connectivity index (χ1v) is 12.1. The van der Waals surface area contributed by atoms with Gasteiger partial charge in [0.05, 0.1) is 0 Å². The second-order valence-corrected chi connectivity index (χ2v) is 9.60. The average molecular weight is 353 g/mol. The van der Waals surface area contributed by atoms with Crippen LogP contribution in [-0.4, -0.2) is 18.7 Å². The fourth-order valence-corrected chi connectivity index (χ4v) is 4.03. The van der Waals surface area contributed by atoms with Crippen molar-refractivity contribution in [2.75, 3.05) is 5.75 Å². The maximum absolute atomic E-state index is 11.0. The largest absolute Gasteiger partial charge is 0.296 e. The van der Waals surface area contributed by atoms with Gasteiger partial charge in [-0.05, 0) is 6.42 Å². The molecule has 0 aliphatic heterocycles. The van der Waals surface area contributed by atoms with E-state index in [9.17, 15) is 8.42 Å². The monoisotopic (exact) mass is 352 g/mol. The quantitative estimate of drug-likeness (QED) is 0.206. The summed E-state index contributed by atoms with van der Waals surface area (Å²) >= 11 is 0. The lowest BCUT2D eigenvalue weighted by molar-refractivity contribution is 0.534. The minimum Gasteiger partial charge on any atom is -0.296 e. The summed E-state index contributed by atoms with van der Waals surface area (Å²) in [6.07, 6.45) is 19.4. The van der Waals surface area contributed by atoms with Crippen LogP contribution < -0.4 is 0 Å². The summed E-state index contributed by atoms with van der Waals surface area (Å²) in [5.74, 6) is 0.362.